The van der Waals surface area contributed by atoms with Crippen molar-refractivity contribution in [1.82, 2.24) is 25.0 Å². The first-order chi connectivity index (χ1) is 16.8. The lowest BCUT2D eigenvalue weighted by atomic mass is 10.0. The predicted molar refractivity (Wildman–Crippen MR) is 138 cm³/mol. The minimum atomic E-state index is -0.186. The number of nitrogens with one attached hydrogen (secondary N) is 1. The average Bonchev–Trinajstić information content (AvgIpc) is 3.12. The topological polar surface area (TPSA) is 72.3 Å². The number of aromatic nitrogens is 3. The predicted octanol–water partition coefficient (Wildman–Crippen LogP) is 4.48. The molecule has 1 aliphatic heterocycles. The zero-order valence-corrected chi connectivity index (χ0v) is 21.5. The second-order valence-corrected chi connectivity index (χ2v) is 10.0. The van der Waals surface area contributed by atoms with Gasteiger partial charge in [0.15, 0.2) is 5.82 Å². The molecule has 186 valence electrons. The molecule has 0 bridgehead atoms. The molecule has 0 saturated heterocycles. The fourth-order valence-electron chi connectivity index (χ4n) is 4.88. The van der Waals surface area contributed by atoms with Crippen LogP contribution in [0.25, 0.3) is 0 Å². The third kappa shape index (κ3) is 6.28. The summed E-state index contributed by atoms with van der Waals surface area (Å²) in [7, 11) is 1.70. The van der Waals surface area contributed by atoms with Crippen molar-refractivity contribution < 1.29 is 9.53 Å². The van der Waals surface area contributed by atoms with Crippen molar-refractivity contribution >= 4 is 5.91 Å². The van der Waals surface area contributed by atoms with E-state index < -0.39 is 0 Å². The first kappa shape index (κ1) is 24.9. The van der Waals surface area contributed by atoms with E-state index in [1.807, 2.05) is 38.1 Å². The normalized spacial score (nSPS) is 14.9. The first-order valence-corrected chi connectivity index (χ1v) is 12.5. The van der Waals surface area contributed by atoms with Gasteiger partial charge in [0.25, 0.3) is 5.91 Å². The molecule has 1 aliphatic rings. The average molecular weight is 476 g/mol. The number of hydrogen-bond donors (Lipinski definition) is 1. The zero-order valence-electron chi connectivity index (χ0n) is 21.5. The molecular formula is C28H37N5O2. The van der Waals surface area contributed by atoms with Gasteiger partial charge in [-0.3, -0.25) is 9.69 Å². The highest BCUT2D eigenvalue weighted by atomic mass is 16.5. The van der Waals surface area contributed by atoms with Gasteiger partial charge in [0.05, 0.1) is 13.2 Å². The smallest absolute Gasteiger partial charge is 0.251 e. The molecule has 7 nitrogen and oxygen atoms in total. The summed E-state index contributed by atoms with van der Waals surface area (Å²) < 4.78 is 7.60. The van der Waals surface area contributed by atoms with Crippen molar-refractivity contribution in [3.63, 3.8) is 0 Å². The van der Waals surface area contributed by atoms with Gasteiger partial charge in [0.1, 0.15) is 11.6 Å². The monoisotopic (exact) mass is 475 g/mol. The fourth-order valence-corrected chi connectivity index (χ4v) is 4.88. The Labute approximate surface area is 208 Å². The Hall–Kier alpha value is -3.19. The molecule has 2 heterocycles. The van der Waals surface area contributed by atoms with E-state index >= 15 is 0 Å². The van der Waals surface area contributed by atoms with Crippen LogP contribution in [0, 0.1) is 19.8 Å². The van der Waals surface area contributed by atoms with Gasteiger partial charge in [-0.2, -0.15) is 0 Å². The van der Waals surface area contributed by atoms with E-state index in [0.717, 1.165) is 67.5 Å². The summed E-state index contributed by atoms with van der Waals surface area (Å²) in [6, 6.07) is 14.0. The zero-order chi connectivity index (χ0) is 24.9. The van der Waals surface area contributed by atoms with Crippen LogP contribution in [0.1, 0.15) is 65.0 Å². The number of aryl methyl sites for hydroxylation is 2. The van der Waals surface area contributed by atoms with Gasteiger partial charge < -0.3 is 14.6 Å². The summed E-state index contributed by atoms with van der Waals surface area (Å²) in [5.41, 5.74) is 4.10. The molecule has 0 radical (unpaired) electrons. The van der Waals surface area contributed by atoms with Crippen LogP contribution < -0.4 is 10.1 Å². The standard InChI is InChI=1S/C28H37N5O2/c1-19(2)13-25(29-28(34)23-15-20(3)14-21(4)16-23)27-31-30-26-9-10-32(11-12-33(26)27)18-22-7-6-8-24(17-22)35-5/h6-8,14-17,19,25H,9-13,18H2,1-5H3,(H,29,34). The number of amides is 1. The van der Waals surface area contributed by atoms with E-state index in [0.29, 0.717) is 11.5 Å². The van der Waals surface area contributed by atoms with Gasteiger partial charge in [-0.1, -0.05) is 43.2 Å². The van der Waals surface area contributed by atoms with Crippen LogP contribution in [0.5, 0.6) is 5.75 Å². The van der Waals surface area contributed by atoms with Crippen LogP contribution in [0.3, 0.4) is 0 Å². The summed E-state index contributed by atoms with van der Waals surface area (Å²) in [5, 5.41) is 12.4. The minimum Gasteiger partial charge on any atom is -0.497 e. The van der Waals surface area contributed by atoms with Crippen LogP contribution in [-0.2, 0) is 19.5 Å². The number of methoxy groups -OCH3 is 1. The van der Waals surface area contributed by atoms with Gasteiger partial charge in [0.2, 0.25) is 0 Å². The molecule has 0 fully saturated rings. The van der Waals surface area contributed by atoms with E-state index in [-0.39, 0.29) is 11.9 Å². The SMILES string of the molecule is COc1cccc(CN2CCc3nnc(C(CC(C)C)NC(=O)c4cc(C)cc(C)c4)n3CC2)c1. The number of nitrogens with zero attached hydrogens (tertiary/aromatic N) is 4. The summed E-state index contributed by atoms with van der Waals surface area (Å²) in [6.07, 6.45) is 1.64. The molecule has 35 heavy (non-hydrogen) atoms. The first-order valence-electron chi connectivity index (χ1n) is 12.5. The van der Waals surface area contributed by atoms with Gasteiger partial charge in [-0.05, 0) is 56.0 Å². The van der Waals surface area contributed by atoms with Crippen LogP contribution >= 0.6 is 0 Å². The third-order valence-corrected chi connectivity index (χ3v) is 6.50. The Kier molecular flexibility index (Phi) is 7.86. The van der Waals surface area contributed by atoms with Crippen molar-refractivity contribution in [3.8, 4) is 5.75 Å². The van der Waals surface area contributed by atoms with Crippen LogP contribution in [0.2, 0.25) is 0 Å². The molecular weight excluding hydrogens is 438 g/mol. The van der Waals surface area contributed by atoms with Crippen molar-refractivity contribution in [2.75, 3.05) is 20.2 Å². The fraction of sp³-hybridized carbons (Fsp3) is 0.464. The molecule has 1 atom stereocenters. The van der Waals surface area contributed by atoms with E-state index in [1.54, 1.807) is 7.11 Å². The number of rotatable bonds is 8. The molecule has 1 aromatic heterocycles. The molecule has 0 spiro atoms. The Morgan fingerprint density at radius 3 is 2.54 bits per heavy atom. The van der Waals surface area contributed by atoms with Gasteiger partial charge >= 0.3 is 0 Å². The molecule has 7 heteroatoms. The second-order valence-electron chi connectivity index (χ2n) is 10.0. The lowest BCUT2D eigenvalue weighted by Gasteiger charge is -2.22. The van der Waals surface area contributed by atoms with Crippen LogP contribution in [-0.4, -0.2) is 45.8 Å². The Morgan fingerprint density at radius 1 is 1.06 bits per heavy atom. The molecule has 4 rings (SSSR count). The largest absolute Gasteiger partial charge is 0.497 e. The van der Waals surface area contributed by atoms with E-state index in [1.165, 1.54) is 5.56 Å². The number of fused-ring (bicyclic) bond motifs is 1. The second kappa shape index (κ2) is 11.0. The molecule has 1 unspecified atom stereocenters. The quantitative estimate of drug-likeness (QED) is 0.520. The van der Waals surface area contributed by atoms with Gasteiger partial charge in [0, 0.05) is 38.2 Å². The Morgan fingerprint density at radius 2 is 1.83 bits per heavy atom. The lowest BCUT2D eigenvalue weighted by Crippen LogP contribution is -2.32. The maximum absolute atomic E-state index is 13.2. The van der Waals surface area contributed by atoms with Crippen molar-refractivity contribution in [2.45, 2.75) is 59.7 Å². The van der Waals surface area contributed by atoms with Crippen LogP contribution in [0.4, 0.5) is 0 Å². The Bertz CT molecular complexity index is 1150. The molecule has 2 aromatic carbocycles. The number of ether oxygens (including phenoxy) is 1. The van der Waals surface area contributed by atoms with Crippen molar-refractivity contribution in [2.24, 2.45) is 5.92 Å². The summed E-state index contributed by atoms with van der Waals surface area (Å²) >= 11 is 0. The summed E-state index contributed by atoms with van der Waals surface area (Å²) in [4.78, 5) is 15.6. The number of carbonyl (C=O) groups is 1. The number of benzene rings is 2. The molecule has 0 aliphatic carbocycles. The molecule has 1 N–H and O–H groups in total. The molecule has 0 saturated carbocycles. The number of carbonyl (C=O) groups excluding carboxylic acids is 1. The highest BCUT2D eigenvalue weighted by molar-refractivity contribution is 5.94. The lowest BCUT2D eigenvalue weighted by molar-refractivity contribution is 0.0928. The van der Waals surface area contributed by atoms with Gasteiger partial charge in [-0.15, -0.1) is 10.2 Å². The van der Waals surface area contributed by atoms with Crippen molar-refractivity contribution in [1.29, 1.82) is 0 Å². The maximum Gasteiger partial charge on any atom is 0.251 e. The van der Waals surface area contributed by atoms with Gasteiger partial charge in [-0.25, -0.2) is 0 Å². The highest BCUT2D eigenvalue weighted by Crippen LogP contribution is 2.24. The van der Waals surface area contributed by atoms with Crippen molar-refractivity contribution in [3.05, 3.63) is 76.4 Å². The van der Waals surface area contributed by atoms with E-state index in [9.17, 15) is 4.79 Å². The highest BCUT2D eigenvalue weighted by Gasteiger charge is 2.26. The maximum atomic E-state index is 13.2. The third-order valence-electron chi connectivity index (χ3n) is 6.50. The molecule has 3 aromatic rings. The summed E-state index contributed by atoms with van der Waals surface area (Å²) in [6.45, 7) is 11.9. The van der Waals surface area contributed by atoms with E-state index in [4.69, 9.17) is 4.74 Å². The summed E-state index contributed by atoms with van der Waals surface area (Å²) in [5.74, 6) is 3.07. The van der Waals surface area contributed by atoms with E-state index in [2.05, 4.69) is 57.0 Å². The molecule has 1 amide bonds. The van der Waals surface area contributed by atoms with Crippen LogP contribution in [0.15, 0.2) is 42.5 Å². The Balaban J connectivity index is 1.50. The number of hydrogen-bond acceptors (Lipinski definition) is 5. The minimum absolute atomic E-state index is 0.0620.